The molecule has 0 amide bonds. The van der Waals surface area contributed by atoms with Gasteiger partial charge in [-0.25, -0.2) is 49.2 Å². The van der Waals surface area contributed by atoms with Crippen LogP contribution in [0.25, 0.3) is 6.08 Å². The molecule has 30 nitrogen and oxygen atoms in total. The number of allylic oxidation sites excluding steroid dienone is 2. The molecule has 3 aliphatic rings. The van der Waals surface area contributed by atoms with E-state index >= 15 is 0 Å². The second-order valence-electron chi connectivity index (χ2n) is 18.2. The highest BCUT2D eigenvalue weighted by Crippen LogP contribution is 2.36. The van der Waals surface area contributed by atoms with Gasteiger partial charge in [-0.05, 0) is 137 Å². The minimum Gasteiger partial charge on any atom is -0.464 e. The van der Waals surface area contributed by atoms with Gasteiger partial charge in [-0.2, -0.15) is 13.5 Å². The number of fused-ring (bicyclic) bond motifs is 1. The number of nitrogens with one attached hydrogen (secondary N) is 1. The van der Waals surface area contributed by atoms with Crippen LogP contribution in [0.2, 0.25) is 20.1 Å². The van der Waals surface area contributed by atoms with Crippen LogP contribution in [-0.2, 0) is 97.4 Å². The number of hydrogen-bond acceptors (Lipinski definition) is 24. The maximum absolute atomic E-state index is 13.0. The number of sulfonamides is 4. The van der Waals surface area contributed by atoms with Gasteiger partial charge in [-0.1, -0.05) is 50.8 Å². The van der Waals surface area contributed by atoms with Crippen LogP contribution >= 0.6 is 46.4 Å². The predicted octanol–water partition coefficient (Wildman–Crippen LogP) is 5.00. The normalized spacial score (nSPS) is 15.7. The number of aldehydes is 1. The molecule has 0 aliphatic carbocycles. The Balaban J connectivity index is 0.000000419. The molecule has 95 heavy (non-hydrogen) atoms. The standard InChI is InChI=1S/C17H19ClN2O5S.C15H14ClN3O4S.C14H14ClNO5S.C7H4ClNO3S.C4H6O3.H4N2.H2O/c1-4-25-17(22)16-14(11-19(2)3)15(21)9-10-20(16)26(23,24)13-7-5-12(18)6-8-13;1-2-23-15(20)14-12-9-17-18-13(12)7-8-19(14)24(21,22)11-5-3-10(16)4-6-11;1-2-21-14(18)13-9-11(17)7-8-16(13)22(19,20)12-5-3-10(15)4-6-12;8-6-1-3-7(4-2-6)13(11,12)9-5-10;1-2-7-4(6)3-5;1-2;/h5-11,16H,4H2,1-3H3;3-9,14H,2H2,1H3,(H,17,18);3-8,13H,2,9H2,1H3;1-4H;3H,2H2,1H3;1-2H2;1H2/b14-11+;;;;;;. The van der Waals surface area contributed by atoms with Crippen LogP contribution in [0.15, 0.2) is 170 Å². The van der Waals surface area contributed by atoms with E-state index in [0.29, 0.717) is 31.3 Å². The Morgan fingerprint density at radius 2 is 0.979 bits per heavy atom. The van der Waals surface area contributed by atoms with E-state index in [1.54, 1.807) is 52.8 Å². The Hall–Kier alpha value is -8.64. The molecule has 4 aromatic carbocycles. The van der Waals surface area contributed by atoms with Crippen LogP contribution in [0.1, 0.15) is 51.4 Å². The Kier molecular flexibility index (Phi) is 33.5. The third kappa shape index (κ3) is 23.1. The highest BCUT2D eigenvalue weighted by Gasteiger charge is 2.43. The summed E-state index contributed by atoms with van der Waals surface area (Å²) in [6, 6.07) is 18.4. The average Bonchev–Trinajstić information content (AvgIpc) is 1.61. The Labute approximate surface area is 566 Å². The van der Waals surface area contributed by atoms with Gasteiger partial charge in [0.2, 0.25) is 6.29 Å². The van der Waals surface area contributed by atoms with E-state index in [2.05, 4.69) is 31.0 Å². The molecule has 1 aromatic heterocycles. The number of carbonyl (C=O) groups is 7. The second-order valence-corrected chi connectivity index (χ2v) is 27.1. The smallest absolute Gasteiger partial charge is 0.371 e. The number of aromatic amines is 1. The first kappa shape index (κ1) is 82.5. The van der Waals surface area contributed by atoms with Crippen molar-refractivity contribution in [3.63, 3.8) is 0 Å². The van der Waals surface area contributed by atoms with Crippen molar-refractivity contribution in [2.45, 2.75) is 71.8 Å². The lowest BCUT2D eigenvalue weighted by molar-refractivity contribution is -0.149. The number of isocyanates is 1. The van der Waals surface area contributed by atoms with Crippen LogP contribution in [0.4, 0.5) is 0 Å². The lowest BCUT2D eigenvalue weighted by atomic mass is 10.0. The average molecular weight is 1480 g/mol. The summed E-state index contributed by atoms with van der Waals surface area (Å²) in [5.41, 5.74) is 1.01. The molecule has 514 valence electrons. The fourth-order valence-electron chi connectivity index (χ4n) is 7.73. The highest BCUT2D eigenvalue weighted by molar-refractivity contribution is 7.90. The summed E-state index contributed by atoms with van der Waals surface area (Å²) < 4.78 is 124. The zero-order chi connectivity index (χ0) is 70.7. The summed E-state index contributed by atoms with van der Waals surface area (Å²) in [7, 11) is -12.6. The number of nitrogens with two attached hydrogens (primary N) is 2. The van der Waals surface area contributed by atoms with Crippen LogP contribution in [0, 0.1) is 0 Å². The number of carbonyl (C=O) groups excluding carboxylic acids is 8. The van der Waals surface area contributed by atoms with Crippen molar-refractivity contribution < 1.29 is 96.5 Å². The Bertz CT molecular complexity index is 4140. The van der Waals surface area contributed by atoms with Gasteiger partial charge >= 0.3 is 23.9 Å². The third-order valence-corrected chi connectivity index (χ3v) is 19.2. The number of benzene rings is 4. The van der Waals surface area contributed by atoms with E-state index in [-0.39, 0.29) is 75.5 Å². The molecule has 3 atom stereocenters. The van der Waals surface area contributed by atoms with E-state index in [9.17, 15) is 72.0 Å². The van der Waals surface area contributed by atoms with Crippen molar-refractivity contribution in [2.75, 3.05) is 40.5 Å². The molecule has 3 aliphatic heterocycles. The van der Waals surface area contributed by atoms with Crippen molar-refractivity contribution in [1.82, 2.24) is 28.0 Å². The molecule has 7 N–H and O–H groups in total. The molecule has 0 fully saturated rings. The first-order valence-electron chi connectivity index (χ1n) is 26.8. The number of ketones is 2. The molecule has 0 bridgehead atoms. The first-order valence-corrected chi connectivity index (χ1v) is 34.1. The summed E-state index contributed by atoms with van der Waals surface area (Å²) in [5.74, 6) is 4.16. The van der Waals surface area contributed by atoms with Gasteiger partial charge in [0.1, 0.15) is 6.04 Å². The molecule has 5 aromatic rings. The van der Waals surface area contributed by atoms with E-state index in [1.807, 2.05) is 0 Å². The van der Waals surface area contributed by atoms with Gasteiger partial charge in [-0.15, -0.1) is 0 Å². The fourth-order valence-corrected chi connectivity index (χ4v) is 13.2. The zero-order valence-corrected chi connectivity index (χ0v) is 57.1. The number of ether oxygens (including phenoxy) is 4. The number of halogens is 4. The number of rotatable bonds is 17. The number of esters is 4. The number of hydrogen-bond donors (Lipinski definition) is 3. The highest BCUT2D eigenvalue weighted by atomic mass is 35.5. The van der Waals surface area contributed by atoms with E-state index in [0.717, 1.165) is 43.5 Å². The predicted molar refractivity (Wildman–Crippen MR) is 345 cm³/mol. The third-order valence-electron chi connectivity index (χ3n) is 11.7. The topological polar surface area (TPSA) is 448 Å². The van der Waals surface area contributed by atoms with Gasteiger partial charge in [0, 0.05) is 77.0 Å². The molecule has 3 unspecified atom stereocenters. The lowest BCUT2D eigenvalue weighted by Gasteiger charge is -2.32. The first-order chi connectivity index (χ1) is 44.4. The number of H-pyrrole nitrogens is 1. The molecule has 38 heteroatoms. The minimum absolute atomic E-state index is 0. The second kappa shape index (κ2) is 38.7. The van der Waals surface area contributed by atoms with Gasteiger partial charge in [0.15, 0.2) is 23.7 Å². The summed E-state index contributed by atoms with van der Waals surface area (Å²) in [6.45, 7) is 7.06. The maximum Gasteiger partial charge on any atom is 0.371 e. The lowest BCUT2D eigenvalue weighted by Crippen LogP contribution is -2.47. The van der Waals surface area contributed by atoms with Crippen molar-refractivity contribution in [2.24, 2.45) is 16.1 Å². The minimum atomic E-state index is -4.11. The fraction of sp³-hybridized carbons (Fsp3) is 0.246. The van der Waals surface area contributed by atoms with Crippen LogP contribution < -0.4 is 11.7 Å². The summed E-state index contributed by atoms with van der Waals surface area (Å²) in [4.78, 5) is 91.0. The van der Waals surface area contributed by atoms with Gasteiger partial charge in [0.25, 0.3) is 46.2 Å². The molecule has 0 saturated carbocycles. The van der Waals surface area contributed by atoms with Gasteiger partial charge in [-0.3, -0.25) is 44.1 Å². The Morgan fingerprint density at radius 1 is 0.600 bits per heavy atom. The van der Waals surface area contributed by atoms with E-state index in [4.69, 9.17) is 60.6 Å². The van der Waals surface area contributed by atoms with Crippen molar-refractivity contribution in [3.8, 4) is 0 Å². The van der Waals surface area contributed by atoms with Gasteiger partial charge < -0.3 is 29.3 Å². The number of nitrogens with zero attached hydrogens (tertiary/aromatic N) is 6. The van der Waals surface area contributed by atoms with Crippen molar-refractivity contribution in [1.29, 1.82) is 0 Å². The van der Waals surface area contributed by atoms with Crippen LogP contribution in [0.5, 0.6) is 0 Å². The number of hydrazine groups is 1. The molecule has 0 radical (unpaired) electrons. The summed E-state index contributed by atoms with van der Waals surface area (Å²) in [6.07, 6.45) is 11.0. The Morgan fingerprint density at radius 3 is 1.38 bits per heavy atom. The zero-order valence-electron chi connectivity index (χ0n) is 50.8. The molecule has 0 saturated heterocycles. The van der Waals surface area contributed by atoms with Crippen molar-refractivity contribution in [3.05, 3.63) is 177 Å². The molecule has 8 rings (SSSR count). The largest absolute Gasteiger partial charge is 0.464 e. The summed E-state index contributed by atoms with van der Waals surface area (Å²) >= 11 is 22.9. The molecular weight excluding hydrogens is 1420 g/mol. The SMILES string of the molecule is CCOC(=O)C1/C(=C/N(C)C)C(=O)C=CN1S(=O)(=O)c1ccc(Cl)cc1.CCOC(=O)C1CC(=O)C=CN1S(=O)(=O)c1ccc(Cl)cc1.CCOC(=O)C1c2cn[nH]c2C=CN1S(=O)(=O)c1ccc(Cl)cc1.CCOC(=O)C=O.NN.O.O=C=NS(=O)(=O)c1ccc(Cl)cc1. The monoisotopic (exact) mass is 1480 g/mol. The number of aromatic nitrogens is 2. The maximum atomic E-state index is 13.0. The van der Waals surface area contributed by atoms with Crippen LogP contribution in [-0.4, -0.2) is 168 Å². The summed E-state index contributed by atoms with van der Waals surface area (Å²) in [5, 5.41) is 8.20. The van der Waals surface area contributed by atoms with E-state index < -0.39 is 87.9 Å². The molecule has 0 spiro atoms. The van der Waals surface area contributed by atoms with Crippen molar-refractivity contribution >= 4 is 140 Å². The molecular formula is C57H63Cl4N9O21S4. The van der Waals surface area contributed by atoms with Gasteiger partial charge in [0.05, 0.1) is 63.5 Å². The molecule has 4 heterocycles. The van der Waals surface area contributed by atoms with Crippen LogP contribution in [0.3, 0.4) is 0 Å². The van der Waals surface area contributed by atoms with E-state index in [1.165, 1.54) is 116 Å². The quantitative estimate of drug-likeness (QED) is 0.0127.